The first kappa shape index (κ1) is 35.5. The highest BCUT2D eigenvalue weighted by molar-refractivity contribution is 5.02. The van der Waals surface area contributed by atoms with Gasteiger partial charge in [0.1, 0.15) is 0 Å². The normalized spacial score (nSPS) is 17.7. The molecule has 0 aliphatic carbocycles. The van der Waals surface area contributed by atoms with E-state index in [1.807, 2.05) is 6.92 Å². The second-order valence-corrected chi connectivity index (χ2v) is 9.38. The van der Waals surface area contributed by atoms with Crippen LogP contribution in [0.2, 0.25) is 0 Å². The molecule has 0 spiro atoms. The van der Waals surface area contributed by atoms with E-state index in [2.05, 4.69) is 21.4 Å². The Bertz CT molecular complexity index is 555. The lowest BCUT2D eigenvalue weighted by molar-refractivity contribution is -0.637. The zero-order valence-corrected chi connectivity index (χ0v) is 21.7. The number of aliphatic hydroxyl groups is 5. The number of ether oxygens (including phenoxy) is 1. The van der Waals surface area contributed by atoms with Gasteiger partial charge in [-0.25, -0.2) is 10.5 Å². The molecule has 0 saturated heterocycles. The molecule has 0 bridgehead atoms. The Morgan fingerprint density at radius 3 is 1.39 bits per heavy atom. The number of nitrogens with zero attached hydrogens (tertiary/aromatic N) is 1. The van der Waals surface area contributed by atoms with Crippen molar-refractivity contribution < 1.29 is 61.0 Å². The zero-order chi connectivity index (χ0) is 27.7. The minimum atomic E-state index is -4.30. The molecule has 13 heteroatoms. The van der Waals surface area contributed by atoms with E-state index < -0.39 is 41.5 Å². The van der Waals surface area contributed by atoms with Crippen LogP contribution in [0, 0.1) is 0 Å². The maximum atomic E-state index is 10.7. The number of hydroxylamine groups is 2. The minimum absolute atomic E-state index is 0.0356. The van der Waals surface area contributed by atoms with Crippen LogP contribution in [0.15, 0.2) is 0 Å². The van der Waals surface area contributed by atoms with Crippen molar-refractivity contribution in [2.24, 2.45) is 0 Å². The van der Waals surface area contributed by atoms with Crippen molar-refractivity contribution in [2.45, 2.75) is 140 Å². The fraction of sp³-hybridized carbons (Fsp3) is 1.00. The Morgan fingerprint density at radius 2 is 1.00 bits per heavy atom. The molecule has 0 heterocycles. The molecule has 0 aromatic rings. The van der Waals surface area contributed by atoms with Gasteiger partial charge in [0, 0.05) is 6.42 Å². The molecule has 0 aliphatic heterocycles. The number of hydrogen-bond donors (Lipinski definition) is 9. The Kier molecular flexibility index (Phi) is 17.6. The third-order valence-corrected chi connectivity index (χ3v) is 6.45. The fourth-order valence-electron chi connectivity index (χ4n) is 4.04. The van der Waals surface area contributed by atoms with Crippen LogP contribution < -0.4 is 0 Å². The van der Waals surface area contributed by atoms with Gasteiger partial charge in [-0.1, -0.05) is 97.3 Å². The standard InChI is InChI=1S/C23H49NO12/c1-3-5-7-8-9-10-11-12-13-14-15-16-18-20(25,35-32)22(27,36-33)21(26,24(30)31)23(28,29)34-19-17-6-4-2/h25-33H,3-19H2,1-2H3. The first-order chi connectivity index (χ1) is 16.9. The lowest BCUT2D eigenvalue weighted by Gasteiger charge is -2.51. The van der Waals surface area contributed by atoms with Gasteiger partial charge >= 0.3 is 17.5 Å². The third-order valence-electron chi connectivity index (χ3n) is 6.45. The van der Waals surface area contributed by atoms with E-state index in [-0.39, 0.29) is 12.8 Å². The predicted octanol–water partition coefficient (Wildman–Crippen LogP) is 3.05. The second kappa shape index (κ2) is 17.9. The maximum Gasteiger partial charge on any atom is 0.334 e. The SMILES string of the molecule is CCCCCCCCCCCCCCC(O)(OO)C(O)(OO)C(O)(N(O)O)C(O)(O)OCCCCC. The lowest BCUT2D eigenvalue weighted by atomic mass is 9.87. The monoisotopic (exact) mass is 531 g/mol. The predicted molar refractivity (Wildman–Crippen MR) is 126 cm³/mol. The first-order valence-corrected chi connectivity index (χ1v) is 13.0. The van der Waals surface area contributed by atoms with Crippen molar-refractivity contribution in [3.05, 3.63) is 0 Å². The molecular formula is C23H49NO12. The topological polar surface area (TPSA) is 213 Å². The van der Waals surface area contributed by atoms with Crippen LogP contribution in [0.5, 0.6) is 0 Å². The summed E-state index contributed by atoms with van der Waals surface area (Å²) >= 11 is 0. The molecule has 0 aliphatic rings. The molecule has 0 saturated carbocycles. The summed E-state index contributed by atoms with van der Waals surface area (Å²) in [6.45, 7) is 3.57. The number of unbranched alkanes of at least 4 members (excludes halogenated alkanes) is 13. The summed E-state index contributed by atoms with van der Waals surface area (Å²) in [4.78, 5) is 7.56. The first-order valence-electron chi connectivity index (χ1n) is 13.0. The van der Waals surface area contributed by atoms with E-state index >= 15 is 0 Å². The summed E-state index contributed by atoms with van der Waals surface area (Å²) in [7, 11) is 0. The van der Waals surface area contributed by atoms with E-state index in [9.17, 15) is 46.5 Å². The highest BCUT2D eigenvalue weighted by Crippen LogP contribution is 2.44. The molecule has 0 radical (unpaired) electrons. The average molecular weight is 532 g/mol. The second-order valence-electron chi connectivity index (χ2n) is 9.38. The van der Waals surface area contributed by atoms with Crippen molar-refractivity contribution in [3.63, 3.8) is 0 Å². The highest BCUT2D eigenvalue weighted by atomic mass is 17.2. The fourth-order valence-corrected chi connectivity index (χ4v) is 4.04. The summed E-state index contributed by atoms with van der Waals surface area (Å²) < 4.78 is 4.66. The Labute approximate surface area is 213 Å². The lowest BCUT2D eigenvalue weighted by Crippen LogP contribution is -2.82. The Balaban J connectivity index is 5.04. The van der Waals surface area contributed by atoms with E-state index in [1.54, 1.807) is 0 Å². The van der Waals surface area contributed by atoms with Gasteiger partial charge in [0.25, 0.3) is 5.79 Å². The molecule has 0 rings (SSSR count). The van der Waals surface area contributed by atoms with Crippen molar-refractivity contribution in [2.75, 3.05) is 6.61 Å². The van der Waals surface area contributed by atoms with Gasteiger partial charge in [0.2, 0.25) is 0 Å². The molecular weight excluding hydrogens is 482 g/mol. The van der Waals surface area contributed by atoms with Gasteiger partial charge in [-0.3, -0.25) is 10.4 Å². The van der Waals surface area contributed by atoms with Crippen LogP contribution in [0.3, 0.4) is 0 Å². The summed E-state index contributed by atoms with van der Waals surface area (Å²) in [5.74, 6) is -11.7. The summed E-state index contributed by atoms with van der Waals surface area (Å²) in [6, 6.07) is 0. The van der Waals surface area contributed by atoms with Gasteiger partial charge in [0.05, 0.1) is 6.61 Å². The van der Waals surface area contributed by atoms with Crippen LogP contribution in [0.1, 0.15) is 117 Å². The minimum Gasteiger partial charge on any atom is -0.361 e. The van der Waals surface area contributed by atoms with Crippen molar-refractivity contribution in [1.29, 1.82) is 0 Å². The Hall–Kier alpha value is -0.520. The highest BCUT2D eigenvalue weighted by Gasteiger charge is 2.78. The van der Waals surface area contributed by atoms with Crippen LogP contribution in [-0.4, -0.2) is 81.6 Å². The van der Waals surface area contributed by atoms with Gasteiger partial charge in [-0.05, 0) is 18.1 Å². The molecule has 0 amide bonds. The molecule has 0 aromatic carbocycles. The number of rotatable bonds is 24. The zero-order valence-electron chi connectivity index (χ0n) is 21.7. The molecule has 13 nitrogen and oxygen atoms in total. The summed E-state index contributed by atoms with van der Waals surface area (Å²) in [5, 5.41) is 88.9. The maximum absolute atomic E-state index is 10.7. The molecule has 3 atom stereocenters. The van der Waals surface area contributed by atoms with E-state index in [1.165, 1.54) is 32.1 Å². The number of hydrogen-bond acceptors (Lipinski definition) is 13. The smallest absolute Gasteiger partial charge is 0.334 e. The third kappa shape index (κ3) is 9.66. The van der Waals surface area contributed by atoms with Crippen LogP contribution in [0.4, 0.5) is 0 Å². The van der Waals surface area contributed by atoms with Crippen molar-refractivity contribution in [1.82, 2.24) is 5.23 Å². The van der Waals surface area contributed by atoms with Gasteiger partial charge in [-0.2, -0.15) is 9.78 Å². The summed E-state index contributed by atoms with van der Waals surface area (Å²) in [5.41, 5.74) is -4.30. The average Bonchev–Trinajstić information content (AvgIpc) is 2.85. The Morgan fingerprint density at radius 1 is 0.583 bits per heavy atom. The van der Waals surface area contributed by atoms with Gasteiger partial charge in [-0.15, -0.1) is 0 Å². The molecule has 9 N–H and O–H groups in total. The van der Waals surface area contributed by atoms with Crippen LogP contribution in [-0.2, 0) is 14.5 Å². The summed E-state index contributed by atoms with van der Waals surface area (Å²) in [6.07, 6.45) is 12.3. The molecule has 3 unspecified atom stereocenters. The molecule has 218 valence electrons. The largest absolute Gasteiger partial charge is 0.361 e. The molecule has 36 heavy (non-hydrogen) atoms. The van der Waals surface area contributed by atoms with Gasteiger partial charge in [0.15, 0.2) is 0 Å². The quantitative estimate of drug-likeness (QED) is 0.0379. The van der Waals surface area contributed by atoms with Crippen molar-refractivity contribution in [3.8, 4) is 0 Å². The molecule has 0 aromatic heterocycles. The van der Waals surface area contributed by atoms with Gasteiger partial charge < -0.3 is 30.3 Å². The van der Waals surface area contributed by atoms with E-state index in [0.29, 0.717) is 19.3 Å². The van der Waals surface area contributed by atoms with E-state index in [4.69, 9.17) is 0 Å². The molecule has 0 fully saturated rings. The van der Waals surface area contributed by atoms with Crippen LogP contribution >= 0.6 is 0 Å². The van der Waals surface area contributed by atoms with E-state index in [0.717, 1.165) is 32.1 Å². The van der Waals surface area contributed by atoms with Crippen molar-refractivity contribution >= 4 is 0 Å². The van der Waals surface area contributed by atoms with Crippen LogP contribution in [0.25, 0.3) is 0 Å².